The van der Waals surface area contributed by atoms with Crippen LogP contribution >= 0.6 is 0 Å². The van der Waals surface area contributed by atoms with E-state index in [1.807, 2.05) is 0 Å². The first kappa shape index (κ1) is 12.9. The highest BCUT2D eigenvalue weighted by Crippen LogP contribution is 1.99. The number of hydrogen-bond donors (Lipinski definition) is 4. The number of ether oxygens (including phenoxy) is 1. The number of morpholine rings is 1. The zero-order valence-electron chi connectivity index (χ0n) is 8.97. The second kappa shape index (κ2) is 5.78. The van der Waals surface area contributed by atoms with Crippen LogP contribution in [0.3, 0.4) is 0 Å². The average Bonchev–Trinajstić information content (AvgIpc) is 2.25. The van der Waals surface area contributed by atoms with Gasteiger partial charge in [0, 0.05) is 13.1 Å². The van der Waals surface area contributed by atoms with Crippen molar-refractivity contribution in [3.63, 3.8) is 0 Å². The fourth-order valence-electron chi connectivity index (χ4n) is 1.37. The van der Waals surface area contributed by atoms with Gasteiger partial charge in [0.15, 0.2) is 6.04 Å². The van der Waals surface area contributed by atoms with Gasteiger partial charge in [0.2, 0.25) is 0 Å². The highest BCUT2D eigenvalue weighted by atomic mass is 16.5. The summed E-state index contributed by atoms with van der Waals surface area (Å²) in [5.41, 5.74) is 0. The SMILES string of the molecule is CC(O)C(NC(=O)C1CNCCO1)C(=O)O. The minimum absolute atomic E-state index is 0.345. The van der Waals surface area contributed by atoms with Crippen LogP contribution in [0.1, 0.15) is 6.92 Å². The van der Waals surface area contributed by atoms with Gasteiger partial charge < -0.3 is 25.6 Å². The van der Waals surface area contributed by atoms with Crippen molar-refractivity contribution in [3.05, 3.63) is 0 Å². The molecule has 3 atom stereocenters. The van der Waals surface area contributed by atoms with Crippen LogP contribution in [0.15, 0.2) is 0 Å². The molecule has 0 spiro atoms. The molecule has 1 amide bonds. The lowest BCUT2D eigenvalue weighted by Crippen LogP contribution is -2.54. The number of carbonyl (C=O) groups is 2. The largest absolute Gasteiger partial charge is 0.480 e. The number of aliphatic carboxylic acids is 1. The summed E-state index contributed by atoms with van der Waals surface area (Å²) in [7, 11) is 0. The monoisotopic (exact) mass is 232 g/mol. The van der Waals surface area contributed by atoms with Crippen molar-refractivity contribution >= 4 is 11.9 Å². The van der Waals surface area contributed by atoms with E-state index in [1.54, 1.807) is 0 Å². The maximum atomic E-state index is 11.6. The third-order valence-electron chi connectivity index (χ3n) is 2.27. The summed E-state index contributed by atoms with van der Waals surface area (Å²) < 4.78 is 5.15. The van der Waals surface area contributed by atoms with E-state index in [0.717, 1.165) is 0 Å². The van der Waals surface area contributed by atoms with Crippen LogP contribution in [0, 0.1) is 0 Å². The molecule has 1 aliphatic heterocycles. The number of amides is 1. The molecule has 4 N–H and O–H groups in total. The normalized spacial score (nSPS) is 24.5. The highest BCUT2D eigenvalue weighted by Gasteiger charge is 2.29. The summed E-state index contributed by atoms with van der Waals surface area (Å²) in [5, 5.41) is 23.1. The third kappa shape index (κ3) is 3.44. The van der Waals surface area contributed by atoms with Gasteiger partial charge in [0.25, 0.3) is 5.91 Å². The molecule has 16 heavy (non-hydrogen) atoms. The number of aliphatic hydroxyl groups excluding tert-OH is 1. The smallest absolute Gasteiger partial charge is 0.328 e. The molecule has 1 rings (SSSR count). The predicted octanol–water partition coefficient (Wildman–Crippen LogP) is -2.07. The Balaban J connectivity index is 2.50. The van der Waals surface area contributed by atoms with Crippen molar-refractivity contribution in [2.45, 2.75) is 25.2 Å². The number of carbonyl (C=O) groups excluding carboxylic acids is 1. The molecule has 7 nitrogen and oxygen atoms in total. The van der Waals surface area contributed by atoms with Gasteiger partial charge in [-0.05, 0) is 6.92 Å². The fourth-order valence-corrected chi connectivity index (χ4v) is 1.37. The standard InChI is InChI=1S/C9H16N2O5/c1-5(12)7(9(14)15)11-8(13)6-4-10-2-3-16-6/h5-7,10,12H,2-4H2,1H3,(H,11,13)(H,14,15). The molecule has 0 aromatic rings. The fraction of sp³-hybridized carbons (Fsp3) is 0.778. The molecule has 0 saturated carbocycles. The van der Waals surface area contributed by atoms with Crippen molar-refractivity contribution in [3.8, 4) is 0 Å². The molecule has 1 saturated heterocycles. The second-order valence-electron chi connectivity index (χ2n) is 3.63. The Morgan fingerprint density at radius 2 is 2.25 bits per heavy atom. The van der Waals surface area contributed by atoms with E-state index < -0.39 is 30.1 Å². The van der Waals surface area contributed by atoms with Crippen LogP contribution in [0.5, 0.6) is 0 Å². The van der Waals surface area contributed by atoms with Crippen LogP contribution in [-0.4, -0.2) is 60.0 Å². The second-order valence-corrected chi connectivity index (χ2v) is 3.63. The first-order valence-corrected chi connectivity index (χ1v) is 5.06. The van der Waals surface area contributed by atoms with Gasteiger partial charge in [-0.3, -0.25) is 4.79 Å². The molecular weight excluding hydrogens is 216 g/mol. The average molecular weight is 232 g/mol. The quantitative estimate of drug-likeness (QED) is 0.443. The molecule has 1 fully saturated rings. The summed E-state index contributed by atoms with van der Waals surface area (Å²) in [4.78, 5) is 22.3. The lowest BCUT2D eigenvalue weighted by atomic mass is 10.1. The lowest BCUT2D eigenvalue weighted by Gasteiger charge is -2.25. The molecule has 1 heterocycles. The van der Waals surface area contributed by atoms with Gasteiger partial charge in [-0.25, -0.2) is 4.79 Å². The number of carboxylic acid groups (broad SMARTS) is 1. The number of nitrogens with one attached hydrogen (secondary N) is 2. The van der Waals surface area contributed by atoms with Crippen LogP contribution < -0.4 is 10.6 Å². The molecule has 0 aliphatic carbocycles. The Morgan fingerprint density at radius 1 is 1.56 bits per heavy atom. The number of hydrogen-bond acceptors (Lipinski definition) is 5. The Hall–Kier alpha value is -1.18. The van der Waals surface area contributed by atoms with E-state index in [2.05, 4.69) is 10.6 Å². The highest BCUT2D eigenvalue weighted by molar-refractivity contribution is 5.86. The topological polar surface area (TPSA) is 108 Å². The Labute approximate surface area is 92.8 Å². The van der Waals surface area contributed by atoms with Crippen molar-refractivity contribution < 1.29 is 24.5 Å². The molecule has 3 unspecified atom stereocenters. The van der Waals surface area contributed by atoms with Crippen molar-refractivity contribution in [2.24, 2.45) is 0 Å². The van der Waals surface area contributed by atoms with Gasteiger partial charge in [-0.15, -0.1) is 0 Å². The number of carboxylic acids is 1. The molecule has 7 heteroatoms. The van der Waals surface area contributed by atoms with Gasteiger partial charge in [0.05, 0.1) is 12.7 Å². The maximum Gasteiger partial charge on any atom is 0.328 e. The van der Waals surface area contributed by atoms with Crippen molar-refractivity contribution in [1.82, 2.24) is 10.6 Å². The van der Waals surface area contributed by atoms with E-state index in [1.165, 1.54) is 6.92 Å². The van der Waals surface area contributed by atoms with Crippen LogP contribution in [-0.2, 0) is 14.3 Å². The van der Waals surface area contributed by atoms with E-state index in [9.17, 15) is 14.7 Å². The molecule has 0 radical (unpaired) electrons. The summed E-state index contributed by atoms with van der Waals surface area (Å²) in [5.74, 6) is -1.80. The first-order chi connectivity index (χ1) is 7.52. The molecular formula is C9H16N2O5. The summed E-state index contributed by atoms with van der Waals surface area (Å²) >= 11 is 0. The van der Waals surface area contributed by atoms with E-state index in [0.29, 0.717) is 19.7 Å². The van der Waals surface area contributed by atoms with E-state index >= 15 is 0 Å². The van der Waals surface area contributed by atoms with Gasteiger partial charge in [0.1, 0.15) is 6.10 Å². The molecule has 92 valence electrons. The first-order valence-electron chi connectivity index (χ1n) is 5.06. The van der Waals surface area contributed by atoms with E-state index in [4.69, 9.17) is 9.84 Å². The molecule has 0 aromatic carbocycles. The lowest BCUT2D eigenvalue weighted by molar-refractivity contribution is -0.147. The Morgan fingerprint density at radius 3 is 2.69 bits per heavy atom. The Bertz CT molecular complexity index is 263. The summed E-state index contributed by atoms with van der Waals surface area (Å²) in [6.07, 6.45) is -1.85. The minimum atomic E-state index is -1.31. The number of rotatable bonds is 4. The van der Waals surface area contributed by atoms with Crippen LogP contribution in [0.4, 0.5) is 0 Å². The summed E-state index contributed by atoms with van der Waals surface area (Å²) in [6, 6.07) is -1.31. The third-order valence-corrected chi connectivity index (χ3v) is 2.27. The van der Waals surface area contributed by atoms with Gasteiger partial charge >= 0.3 is 5.97 Å². The zero-order valence-corrected chi connectivity index (χ0v) is 8.97. The molecule has 1 aliphatic rings. The minimum Gasteiger partial charge on any atom is -0.480 e. The van der Waals surface area contributed by atoms with Gasteiger partial charge in [-0.1, -0.05) is 0 Å². The predicted molar refractivity (Wildman–Crippen MR) is 53.9 cm³/mol. The zero-order chi connectivity index (χ0) is 12.1. The van der Waals surface area contributed by atoms with Crippen LogP contribution in [0.2, 0.25) is 0 Å². The van der Waals surface area contributed by atoms with Crippen molar-refractivity contribution in [2.75, 3.05) is 19.7 Å². The number of aliphatic hydroxyl groups is 1. The van der Waals surface area contributed by atoms with E-state index in [-0.39, 0.29) is 0 Å². The molecule has 0 aromatic heterocycles. The van der Waals surface area contributed by atoms with Crippen LogP contribution in [0.25, 0.3) is 0 Å². The van der Waals surface area contributed by atoms with Crippen molar-refractivity contribution in [1.29, 1.82) is 0 Å². The summed E-state index contributed by atoms with van der Waals surface area (Å²) in [6.45, 7) is 2.73. The maximum absolute atomic E-state index is 11.6. The molecule has 0 bridgehead atoms. The van der Waals surface area contributed by atoms with Gasteiger partial charge in [-0.2, -0.15) is 0 Å². The Kier molecular flexibility index (Phi) is 4.66.